The zero-order valence-corrected chi connectivity index (χ0v) is 15.8. The van der Waals surface area contributed by atoms with Crippen LogP contribution >= 0.6 is 0 Å². The van der Waals surface area contributed by atoms with Crippen molar-refractivity contribution in [2.45, 2.75) is 64.5 Å². The summed E-state index contributed by atoms with van der Waals surface area (Å²) in [6, 6.07) is 6.14. The van der Waals surface area contributed by atoms with Gasteiger partial charge in [-0.05, 0) is 50.4 Å². The molecule has 1 saturated heterocycles. The van der Waals surface area contributed by atoms with Crippen molar-refractivity contribution in [1.82, 2.24) is 10.6 Å². The molecule has 1 aliphatic heterocycles. The smallest absolute Gasteiger partial charge is 0.222 e. The molecule has 2 N–H and O–H groups in total. The van der Waals surface area contributed by atoms with E-state index in [1.807, 2.05) is 25.1 Å². The monoisotopic (exact) mass is 348 g/mol. The first-order valence-corrected chi connectivity index (χ1v) is 9.47. The largest absolute Gasteiger partial charge is 0.493 e. The topological polar surface area (TPSA) is 59.6 Å². The summed E-state index contributed by atoms with van der Waals surface area (Å²) < 4.78 is 11.3. The number of carbonyl (C=O) groups is 1. The van der Waals surface area contributed by atoms with Gasteiger partial charge in [-0.2, -0.15) is 0 Å². The van der Waals surface area contributed by atoms with E-state index in [0.29, 0.717) is 24.8 Å². The Balaban J connectivity index is 1.90. The molecule has 1 aromatic rings. The van der Waals surface area contributed by atoms with E-state index >= 15 is 0 Å². The number of rotatable bonds is 10. The highest BCUT2D eigenvalue weighted by Gasteiger charge is 2.19. The van der Waals surface area contributed by atoms with Crippen molar-refractivity contribution in [2.24, 2.45) is 0 Å². The van der Waals surface area contributed by atoms with Crippen LogP contribution in [-0.2, 0) is 4.79 Å². The van der Waals surface area contributed by atoms with Gasteiger partial charge in [0.1, 0.15) is 0 Å². The third-order valence-corrected chi connectivity index (χ3v) is 4.66. The van der Waals surface area contributed by atoms with E-state index in [4.69, 9.17) is 9.47 Å². The van der Waals surface area contributed by atoms with Crippen molar-refractivity contribution < 1.29 is 14.3 Å². The second-order valence-corrected chi connectivity index (χ2v) is 6.75. The number of hydrogen-bond donors (Lipinski definition) is 2. The van der Waals surface area contributed by atoms with Crippen LogP contribution in [0.2, 0.25) is 0 Å². The molecule has 0 saturated carbocycles. The van der Waals surface area contributed by atoms with Gasteiger partial charge in [-0.15, -0.1) is 0 Å². The van der Waals surface area contributed by atoms with Gasteiger partial charge in [0.05, 0.1) is 19.8 Å². The first-order valence-electron chi connectivity index (χ1n) is 9.47. The zero-order chi connectivity index (χ0) is 18.1. The fourth-order valence-corrected chi connectivity index (χ4v) is 3.15. The number of ether oxygens (including phenoxy) is 2. The predicted molar refractivity (Wildman–Crippen MR) is 100 cm³/mol. The maximum Gasteiger partial charge on any atom is 0.222 e. The fourth-order valence-electron chi connectivity index (χ4n) is 3.15. The van der Waals surface area contributed by atoms with Crippen LogP contribution in [0.15, 0.2) is 18.2 Å². The van der Waals surface area contributed by atoms with E-state index in [1.54, 1.807) is 7.11 Å². The second kappa shape index (κ2) is 10.3. The second-order valence-electron chi connectivity index (χ2n) is 6.75. The summed E-state index contributed by atoms with van der Waals surface area (Å²) >= 11 is 0. The highest BCUT2D eigenvalue weighted by molar-refractivity contribution is 5.77. The highest BCUT2D eigenvalue weighted by atomic mass is 16.5. The Kier molecular flexibility index (Phi) is 8.06. The Hall–Kier alpha value is -1.75. The van der Waals surface area contributed by atoms with Crippen molar-refractivity contribution in [3.63, 3.8) is 0 Å². The number of nitrogens with one attached hydrogen (secondary N) is 2. The van der Waals surface area contributed by atoms with E-state index in [-0.39, 0.29) is 11.9 Å². The van der Waals surface area contributed by atoms with Crippen molar-refractivity contribution in [2.75, 3.05) is 20.3 Å². The summed E-state index contributed by atoms with van der Waals surface area (Å²) in [4.78, 5) is 12.2. The molecule has 1 aliphatic rings. The van der Waals surface area contributed by atoms with Gasteiger partial charge in [0, 0.05) is 12.5 Å². The number of benzene rings is 1. The molecular formula is C20H32N2O3. The Morgan fingerprint density at radius 1 is 1.36 bits per heavy atom. The average Bonchev–Trinajstić information content (AvgIpc) is 3.11. The first-order chi connectivity index (χ1) is 12.1. The predicted octanol–water partition coefficient (Wildman–Crippen LogP) is 3.58. The van der Waals surface area contributed by atoms with Crippen molar-refractivity contribution in [3.8, 4) is 11.5 Å². The van der Waals surface area contributed by atoms with Crippen LogP contribution in [0.25, 0.3) is 0 Å². The lowest BCUT2D eigenvalue weighted by molar-refractivity contribution is -0.122. The number of unbranched alkanes of at least 4 members (excludes halogenated alkanes) is 2. The number of hydrogen-bond acceptors (Lipinski definition) is 4. The average molecular weight is 348 g/mol. The van der Waals surface area contributed by atoms with Gasteiger partial charge in [-0.25, -0.2) is 0 Å². The Morgan fingerprint density at radius 3 is 2.88 bits per heavy atom. The van der Waals surface area contributed by atoms with E-state index in [1.165, 1.54) is 12.8 Å². The van der Waals surface area contributed by atoms with Gasteiger partial charge < -0.3 is 20.1 Å². The van der Waals surface area contributed by atoms with E-state index < -0.39 is 0 Å². The molecule has 25 heavy (non-hydrogen) atoms. The fraction of sp³-hybridized carbons (Fsp3) is 0.650. The Morgan fingerprint density at radius 2 is 2.20 bits per heavy atom. The molecule has 5 nitrogen and oxygen atoms in total. The molecule has 140 valence electrons. The molecular weight excluding hydrogens is 316 g/mol. The summed E-state index contributed by atoms with van der Waals surface area (Å²) in [7, 11) is 1.65. The SMILES string of the molecule is CCCCCOc1ccc(C(C)NC(=O)CC2CCCN2)cc1OC. The lowest BCUT2D eigenvalue weighted by atomic mass is 10.1. The minimum absolute atomic E-state index is 0.0584. The van der Waals surface area contributed by atoms with Gasteiger partial charge in [0.25, 0.3) is 0 Å². The maximum atomic E-state index is 12.2. The summed E-state index contributed by atoms with van der Waals surface area (Å²) in [6.07, 6.45) is 6.17. The molecule has 2 unspecified atom stereocenters. The minimum Gasteiger partial charge on any atom is -0.493 e. The Labute approximate surface area is 151 Å². The molecule has 0 aliphatic carbocycles. The van der Waals surface area contributed by atoms with Crippen molar-refractivity contribution in [1.29, 1.82) is 0 Å². The quantitative estimate of drug-likeness (QED) is 0.635. The van der Waals surface area contributed by atoms with Crippen LogP contribution in [-0.4, -0.2) is 32.2 Å². The summed E-state index contributed by atoms with van der Waals surface area (Å²) in [5, 5.41) is 6.44. The normalized spacial score (nSPS) is 18.0. The summed E-state index contributed by atoms with van der Waals surface area (Å²) in [5.41, 5.74) is 1.02. The molecule has 1 aromatic carbocycles. The number of amides is 1. The molecule has 1 heterocycles. The lowest BCUT2D eigenvalue weighted by Gasteiger charge is -2.18. The molecule has 2 atom stereocenters. The van der Waals surface area contributed by atoms with E-state index in [0.717, 1.165) is 37.1 Å². The molecule has 5 heteroatoms. The van der Waals surface area contributed by atoms with Gasteiger partial charge >= 0.3 is 0 Å². The van der Waals surface area contributed by atoms with Crippen LogP contribution < -0.4 is 20.1 Å². The molecule has 0 spiro atoms. The van der Waals surface area contributed by atoms with Gasteiger partial charge in [0.15, 0.2) is 11.5 Å². The van der Waals surface area contributed by atoms with Crippen LogP contribution in [0.1, 0.15) is 64.0 Å². The van der Waals surface area contributed by atoms with Gasteiger partial charge in [0.2, 0.25) is 5.91 Å². The molecule has 1 fully saturated rings. The molecule has 0 radical (unpaired) electrons. The zero-order valence-electron chi connectivity index (χ0n) is 15.8. The molecule has 2 rings (SSSR count). The van der Waals surface area contributed by atoms with E-state index in [9.17, 15) is 4.79 Å². The van der Waals surface area contributed by atoms with E-state index in [2.05, 4.69) is 17.6 Å². The van der Waals surface area contributed by atoms with Crippen LogP contribution in [0.4, 0.5) is 0 Å². The third-order valence-electron chi connectivity index (χ3n) is 4.66. The standard InChI is InChI=1S/C20H32N2O3/c1-4-5-6-12-25-18-10-9-16(13-19(18)24-3)15(2)22-20(23)14-17-8-7-11-21-17/h9-10,13,15,17,21H,4-8,11-12,14H2,1-3H3,(H,22,23). The van der Waals surface area contributed by atoms with Crippen LogP contribution in [0.3, 0.4) is 0 Å². The van der Waals surface area contributed by atoms with Crippen LogP contribution in [0, 0.1) is 0 Å². The highest BCUT2D eigenvalue weighted by Crippen LogP contribution is 2.30. The third kappa shape index (κ3) is 6.24. The first kappa shape index (κ1) is 19.6. The Bertz CT molecular complexity index is 542. The summed E-state index contributed by atoms with van der Waals surface area (Å²) in [5.74, 6) is 1.56. The molecule has 0 bridgehead atoms. The number of methoxy groups -OCH3 is 1. The minimum atomic E-state index is -0.0584. The van der Waals surface area contributed by atoms with Crippen molar-refractivity contribution >= 4 is 5.91 Å². The number of carbonyl (C=O) groups excluding carboxylic acids is 1. The van der Waals surface area contributed by atoms with Crippen molar-refractivity contribution in [3.05, 3.63) is 23.8 Å². The molecule has 1 amide bonds. The molecule has 0 aromatic heterocycles. The van der Waals surface area contributed by atoms with Crippen LogP contribution in [0.5, 0.6) is 11.5 Å². The lowest BCUT2D eigenvalue weighted by Crippen LogP contribution is -2.33. The maximum absolute atomic E-state index is 12.2. The van der Waals surface area contributed by atoms with Gasteiger partial charge in [-0.1, -0.05) is 25.8 Å². The van der Waals surface area contributed by atoms with Gasteiger partial charge in [-0.3, -0.25) is 4.79 Å². The summed E-state index contributed by atoms with van der Waals surface area (Å²) in [6.45, 7) is 5.89.